The summed E-state index contributed by atoms with van der Waals surface area (Å²) in [6.07, 6.45) is 11.1. The van der Waals surface area contributed by atoms with E-state index in [2.05, 4.69) is 36.9 Å². The number of carboxylic acid groups (broad SMARTS) is 1. The Morgan fingerprint density at radius 3 is 2.67 bits per heavy atom. The van der Waals surface area contributed by atoms with Crippen molar-refractivity contribution >= 4 is 33.2 Å². The van der Waals surface area contributed by atoms with Gasteiger partial charge in [-0.25, -0.2) is 4.21 Å². The Morgan fingerprint density at radius 1 is 1.14 bits per heavy atom. The van der Waals surface area contributed by atoms with Gasteiger partial charge in [-0.3, -0.25) is 24.0 Å². The third-order valence-electron chi connectivity index (χ3n) is 6.41. The van der Waals surface area contributed by atoms with E-state index >= 15 is 0 Å². The van der Waals surface area contributed by atoms with Crippen LogP contribution in [0.25, 0.3) is 0 Å². The molecule has 4 rings (SSSR count). The maximum absolute atomic E-state index is 13.9. The minimum Gasteiger partial charge on any atom is -0.480 e. The number of amides is 2. The molecule has 1 aliphatic carbocycles. The number of benzene rings is 1. The van der Waals surface area contributed by atoms with Crippen LogP contribution in [0.5, 0.6) is 0 Å². The van der Waals surface area contributed by atoms with Crippen LogP contribution in [0.1, 0.15) is 50.5 Å². The number of carbonyl (C=O) groups is 3. The topological polar surface area (TPSA) is 156 Å². The third-order valence-corrected chi connectivity index (χ3v) is 9.05. The molecule has 43 heavy (non-hydrogen) atoms. The predicted octanol–water partition coefficient (Wildman–Crippen LogP) is 3.33. The molecular formula is C31H32N6O5S. The summed E-state index contributed by atoms with van der Waals surface area (Å²) in [6, 6.07) is 10.3. The molecule has 0 fully saturated rings. The summed E-state index contributed by atoms with van der Waals surface area (Å²) < 4.78 is 19.6. The summed E-state index contributed by atoms with van der Waals surface area (Å²) in [4.78, 5) is 40.7. The van der Waals surface area contributed by atoms with Crippen LogP contribution in [0.15, 0.2) is 77.5 Å². The lowest BCUT2D eigenvalue weighted by molar-refractivity contribution is -0.135. The minimum absolute atomic E-state index is 0.133. The molecule has 2 heterocycles. The number of hydrogen-bond donors (Lipinski definition) is 3. The Bertz CT molecular complexity index is 1770. The normalized spacial score (nSPS) is 15.2. The van der Waals surface area contributed by atoms with Crippen molar-refractivity contribution in [2.75, 3.05) is 24.2 Å². The Balaban J connectivity index is 1.49. The first-order chi connectivity index (χ1) is 20.6. The second kappa shape index (κ2) is 14.4. The molecular weight excluding hydrogens is 568 g/mol. The minimum atomic E-state index is -3.00. The molecule has 2 atom stereocenters. The zero-order valence-electron chi connectivity index (χ0n) is 23.8. The Labute approximate surface area is 250 Å². The highest BCUT2D eigenvalue weighted by atomic mass is 32.2. The lowest BCUT2D eigenvalue weighted by atomic mass is 10.1. The van der Waals surface area contributed by atoms with Crippen molar-refractivity contribution in [3.63, 3.8) is 0 Å². The van der Waals surface area contributed by atoms with Gasteiger partial charge in [-0.1, -0.05) is 42.2 Å². The second-order valence-electron chi connectivity index (χ2n) is 9.84. The maximum atomic E-state index is 13.9. The van der Waals surface area contributed by atoms with Crippen LogP contribution in [0.4, 0.5) is 5.69 Å². The monoisotopic (exact) mass is 600 g/mol. The molecule has 1 aliphatic rings. The van der Waals surface area contributed by atoms with Crippen LogP contribution in [0.3, 0.4) is 0 Å². The summed E-state index contributed by atoms with van der Waals surface area (Å²) in [5.41, 5.74) is 3.00. The Kier molecular flexibility index (Phi) is 10.4. The number of aliphatic carboxylic acids is 1. The standard InChI is InChI=1S/C31H32N6O5S/c1-22-16-28(37(2)35-22)31(41)34-26-9-6-8-23(18-26)12-13-24-17-25(20-33-19-24)30(40)36-43(42,27-10-4-3-5-11-27)15-7-14-32-21-29(38)39/h3-6,8-10,16-20,27,32H,7,11,14-15,21H2,1-2H3,(H,34,41)(H,38,39)/t27?,43-/m0/s1. The van der Waals surface area contributed by atoms with Gasteiger partial charge in [0.15, 0.2) is 0 Å². The van der Waals surface area contributed by atoms with E-state index in [-0.39, 0.29) is 23.8 Å². The Morgan fingerprint density at radius 2 is 1.95 bits per heavy atom. The number of hydrogen-bond acceptors (Lipinski definition) is 7. The van der Waals surface area contributed by atoms with E-state index in [4.69, 9.17) is 5.11 Å². The lowest BCUT2D eigenvalue weighted by Gasteiger charge is -2.19. The summed E-state index contributed by atoms with van der Waals surface area (Å²) in [5, 5.41) is 18.2. The molecule has 0 spiro atoms. The molecule has 1 aromatic carbocycles. The van der Waals surface area contributed by atoms with Gasteiger partial charge in [-0.2, -0.15) is 9.46 Å². The zero-order valence-corrected chi connectivity index (χ0v) is 24.6. The zero-order chi connectivity index (χ0) is 30.8. The van der Waals surface area contributed by atoms with Crippen molar-refractivity contribution in [1.82, 2.24) is 20.1 Å². The van der Waals surface area contributed by atoms with Gasteiger partial charge in [0.1, 0.15) is 5.69 Å². The fourth-order valence-electron chi connectivity index (χ4n) is 4.35. The van der Waals surface area contributed by atoms with Gasteiger partial charge in [0.25, 0.3) is 11.8 Å². The van der Waals surface area contributed by atoms with Crippen molar-refractivity contribution < 1.29 is 23.7 Å². The number of allylic oxidation sites excluding steroid dienone is 3. The molecule has 3 N–H and O–H groups in total. The number of nitrogens with one attached hydrogen (secondary N) is 2. The number of nitrogens with zero attached hydrogens (tertiary/aromatic N) is 4. The highest BCUT2D eigenvalue weighted by Gasteiger charge is 2.23. The fourth-order valence-corrected chi connectivity index (χ4v) is 6.57. The van der Waals surface area contributed by atoms with Gasteiger partial charge in [-0.05, 0) is 56.6 Å². The van der Waals surface area contributed by atoms with Crippen LogP contribution in [0, 0.1) is 18.8 Å². The SMILES string of the molecule is Cc1cc(C(=O)Nc2cccc(C#Cc3cncc(C(=O)N=[S@](=O)(CCCNCC(=O)O)C4C=CC=CC4)c3)c2)n(C)n1. The van der Waals surface area contributed by atoms with Crippen molar-refractivity contribution in [2.24, 2.45) is 11.4 Å². The van der Waals surface area contributed by atoms with E-state index in [1.54, 1.807) is 55.6 Å². The number of carbonyl (C=O) groups excluding carboxylic acids is 2. The quantitative estimate of drug-likeness (QED) is 0.236. The van der Waals surface area contributed by atoms with Crippen LogP contribution >= 0.6 is 0 Å². The summed E-state index contributed by atoms with van der Waals surface area (Å²) in [6.45, 7) is 1.94. The van der Waals surface area contributed by atoms with Crippen molar-refractivity contribution in [1.29, 1.82) is 0 Å². The number of rotatable bonds is 10. The summed E-state index contributed by atoms with van der Waals surface area (Å²) in [7, 11) is -1.29. The molecule has 2 amide bonds. The summed E-state index contributed by atoms with van der Waals surface area (Å²) >= 11 is 0. The maximum Gasteiger partial charge on any atom is 0.317 e. The summed E-state index contributed by atoms with van der Waals surface area (Å²) in [5.74, 6) is 4.21. The van der Waals surface area contributed by atoms with Gasteiger partial charge >= 0.3 is 5.97 Å². The lowest BCUT2D eigenvalue weighted by Crippen LogP contribution is -2.28. The molecule has 11 nitrogen and oxygen atoms in total. The van der Waals surface area contributed by atoms with Crippen LogP contribution in [-0.4, -0.2) is 66.0 Å². The van der Waals surface area contributed by atoms with E-state index < -0.39 is 26.9 Å². The van der Waals surface area contributed by atoms with Crippen LogP contribution < -0.4 is 10.6 Å². The molecule has 12 heteroatoms. The largest absolute Gasteiger partial charge is 0.480 e. The molecule has 222 valence electrons. The van der Waals surface area contributed by atoms with E-state index in [1.165, 1.54) is 17.1 Å². The first-order valence-corrected chi connectivity index (χ1v) is 15.3. The highest BCUT2D eigenvalue weighted by molar-refractivity contribution is 7.94. The van der Waals surface area contributed by atoms with Gasteiger partial charge in [0, 0.05) is 42.0 Å². The molecule has 0 radical (unpaired) electrons. The second-order valence-corrected chi connectivity index (χ2v) is 12.4. The average Bonchev–Trinajstić information content (AvgIpc) is 3.34. The van der Waals surface area contributed by atoms with Gasteiger partial charge in [-0.15, -0.1) is 0 Å². The van der Waals surface area contributed by atoms with E-state index in [1.807, 2.05) is 19.1 Å². The average molecular weight is 601 g/mol. The van der Waals surface area contributed by atoms with Crippen molar-refractivity contribution in [3.8, 4) is 11.8 Å². The van der Waals surface area contributed by atoms with Gasteiger partial charge in [0.05, 0.1) is 32.8 Å². The predicted molar refractivity (Wildman–Crippen MR) is 164 cm³/mol. The van der Waals surface area contributed by atoms with Crippen molar-refractivity contribution in [3.05, 3.63) is 101 Å². The number of carboxylic acids is 1. The van der Waals surface area contributed by atoms with Crippen molar-refractivity contribution in [2.45, 2.75) is 25.0 Å². The molecule has 0 saturated carbocycles. The Hall–Kier alpha value is -4.86. The molecule has 0 bridgehead atoms. The first kappa shape index (κ1) is 31.1. The van der Waals surface area contributed by atoms with Crippen LogP contribution in [0.2, 0.25) is 0 Å². The highest BCUT2D eigenvalue weighted by Crippen LogP contribution is 2.19. The third kappa shape index (κ3) is 8.81. The smallest absolute Gasteiger partial charge is 0.317 e. The van der Waals surface area contributed by atoms with Gasteiger partial charge in [0.2, 0.25) is 0 Å². The number of aryl methyl sites for hydroxylation is 2. The van der Waals surface area contributed by atoms with E-state index in [0.717, 1.165) is 5.69 Å². The molecule has 0 saturated heterocycles. The van der Waals surface area contributed by atoms with E-state index in [9.17, 15) is 18.6 Å². The first-order valence-electron chi connectivity index (χ1n) is 13.6. The molecule has 3 aromatic rings. The van der Waals surface area contributed by atoms with E-state index in [0.29, 0.717) is 41.9 Å². The number of aromatic nitrogens is 3. The fraction of sp³-hybridized carbons (Fsp3) is 0.258. The molecule has 1 unspecified atom stereocenters. The van der Waals surface area contributed by atoms with Gasteiger partial charge < -0.3 is 15.7 Å². The molecule has 2 aromatic heterocycles. The van der Waals surface area contributed by atoms with Crippen LogP contribution in [-0.2, 0) is 21.6 Å². The molecule has 0 aliphatic heterocycles. The number of pyridine rings is 1. The number of anilines is 1.